The van der Waals surface area contributed by atoms with Gasteiger partial charge in [-0.3, -0.25) is 15.4 Å². The number of aromatic nitrogens is 1. The van der Waals surface area contributed by atoms with E-state index in [1.165, 1.54) is 0 Å². The van der Waals surface area contributed by atoms with Crippen LogP contribution in [0.2, 0.25) is 0 Å². The van der Waals surface area contributed by atoms with Crippen LogP contribution in [-0.2, 0) is 0 Å². The van der Waals surface area contributed by atoms with Gasteiger partial charge in [0.05, 0.1) is 11.4 Å². The first kappa shape index (κ1) is 15.7. The molecule has 1 aromatic heterocycles. The van der Waals surface area contributed by atoms with Gasteiger partial charge in [0.2, 0.25) is 0 Å². The first-order valence-electron chi connectivity index (χ1n) is 7.10. The average Bonchev–Trinajstić information content (AvgIpc) is 2.49. The van der Waals surface area contributed by atoms with Gasteiger partial charge in [0.1, 0.15) is 5.71 Å². The molecule has 0 aliphatic heterocycles. The summed E-state index contributed by atoms with van der Waals surface area (Å²) in [6.07, 6.45) is 9.26. The van der Waals surface area contributed by atoms with E-state index in [0.29, 0.717) is 11.4 Å². The molecule has 0 radical (unpaired) electrons. The Bertz CT molecular complexity index is 678. The van der Waals surface area contributed by atoms with Crippen LogP contribution in [0.4, 0.5) is 0 Å². The monoisotopic (exact) mass is 295 g/mol. The Morgan fingerprint density at radius 3 is 2.73 bits per heavy atom. The molecule has 0 aromatic carbocycles. The summed E-state index contributed by atoms with van der Waals surface area (Å²) in [5, 5.41) is 17.4. The van der Waals surface area contributed by atoms with Crippen LogP contribution in [0.1, 0.15) is 18.2 Å². The van der Waals surface area contributed by atoms with E-state index in [0.717, 1.165) is 22.5 Å². The number of hydrogen-bond donors (Lipinski definition) is 2. The number of aryl methyl sites for hydroxylation is 1. The molecule has 0 amide bonds. The molecule has 1 heterocycles. The van der Waals surface area contributed by atoms with Crippen LogP contribution in [0.5, 0.6) is 0 Å². The molecule has 0 spiro atoms. The van der Waals surface area contributed by atoms with E-state index < -0.39 is 0 Å². The van der Waals surface area contributed by atoms with Gasteiger partial charge in [-0.25, -0.2) is 0 Å². The van der Waals surface area contributed by atoms with Gasteiger partial charge in [-0.05, 0) is 37.6 Å². The first-order valence-corrected chi connectivity index (χ1v) is 7.10. The van der Waals surface area contributed by atoms with E-state index >= 15 is 0 Å². The summed E-state index contributed by atoms with van der Waals surface area (Å²) in [7, 11) is 3.72. The normalized spacial score (nSPS) is 16.7. The number of rotatable bonds is 4. The predicted molar refractivity (Wildman–Crippen MR) is 91.8 cm³/mol. The molecule has 1 aliphatic rings. The van der Waals surface area contributed by atoms with Gasteiger partial charge < -0.3 is 5.32 Å². The van der Waals surface area contributed by atoms with Gasteiger partial charge in [-0.15, -0.1) is 0 Å². The second-order valence-corrected chi connectivity index (χ2v) is 5.10. The van der Waals surface area contributed by atoms with Crippen molar-refractivity contribution in [2.24, 2.45) is 5.10 Å². The highest BCUT2D eigenvalue weighted by atomic mass is 15.4. The smallest absolute Gasteiger partial charge is 0.111 e. The highest BCUT2D eigenvalue weighted by Crippen LogP contribution is 2.18. The minimum absolute atomic E-state index is 0.415. The van der Waals surface area contributed by atoms with Crippen LogP contribution in [-0.4, -0.2) is 35.5 Å². The van der Waals surface area contributed by atoms with E-state index in [4.69, 9.17) is 5.41 Å². The fourth-order valence-corrected chi connectivity index (χ4v) is 2.12. The van der Waals surface area contributed by atoms with Gasteiger partial charge in [-0.1, -0.05) is 12.2 Å². The summed E-state index contributed by atoms with van der Waals surface area (Å²) in [4.78, 5) is 4.33. The average molecular weight is 295 g/mol. The molecule has 1 aromatic rings. The van der Waals surface area contributed by atoms with E-state index in [1.807, 2.05) is 64.6 Å². The molecule has 5 nitrogen and oxygen atoms in total. The number of hydrogen-bond acceptors (Lipinski definition) is 5. The van der Waals surface area contributed by atoms with Crippen LogP contribution < -0.4 is 5.32 Å². The maximum atomic E-state index is 8.01. The molecule has 0 atom stereocenters. The molecule has 0 saturated carbocycles. The van der Waals surface area contributed by atoms with Gasteiger partial charge in [0.25, 0.3) is 0 Å². The largest absolute Gasteiger partial charge is 0.392 e. The summed E-state index contributed by atoms with van der Waals surface area (Å²) in [5.41, 5.74) is 4.89. The summed E-state index contributed by atoms with van der Waals surface area (Å²) in [6, 6.07) is 3.98. The minimum Gasteiger partial charge on any atom is -0.392 e. The molecule has 1 aliphatic carbocycles. The maximum absolute atomic E-state index is 8.01. The Balaban J connectivity index is 2.35. The molecule has 0 fully saturated rings. The Labute approximate surface area is 131 Å². The van der Waals surface area contributed by atoms with Crippen molar-refractivity contribution < 1.29 is 0 Å². The molecule has 0 unspecified atom stereocenters. The second-order valence-electron chi connectivity index (χ2n) is 5.10. The number of nitrogens with zero attached hydrogens (tertiary/aromatic N) is 3. The van der Waals surface area contributed by atoms with Crippen LogP contribution in [0.3, 0.4) is 0 Å². The van der Waals surface area contributed by atoms with Crippen molar-refractivity contribution in [1.82, 2.24) is 15.3 Å². The minimum atomic E-state index is 0.415. The highest BCUT2D eigenvalue weighted by Gasteiger charge is 2.14. The second kappa shape index (κ2) is 6.85. The Morgan fingerprint density at radius 2 is 2.14 bits per heavy atom. The van der Waals surface area contributed by atoms with Crippen molar-refractivity contribution >= 4 is 17.1 Å². The molecule has 0 bridgehead atoms. The van der Waals surface area contributed by atoms with E-state index in [-0.39, 0.29) is 0 Å². The van der Waals surface area contributed by atoms with Gasteiger partial charge in [-0.2, -0.15) is 5.10 Å². The van der Waals surface area contributed by atoms with Gasteiger partial charge >= 0.3 is 0 Å². The zero-order chi connectivity index (χ0) is 16.1. The lowest BCUT2D eigenvalue weighted by molar-refractivity contribution is 0.515. The number of allylic oxidation sites excluding steroid dienone is 4. The van der Waals surface area contributed by atoms with Crippen molar-refractivity contribution in [2.75, 3.05) is 14.1 Å². The van der Waals surface area contributed by atoms with E-state index in [1.54, 1.807) is 11.1 Å². The fourth-order valence-electron chi connectivity index (χ4n) is 2.12. The number of nitrogens with one attached hydrogen (secondary N) is 2. The van der Waals surface area contributed by atoms with Crippen LogP contribution >= 0.6 is 0 Å². The zero-order valence-corrected chi connectivity index (χ0v) is 13.4. The summed E-state index contributed by atoms with van der Waals surface area (Å²) in [5.74, 6) is 0. The molecule has 2 rings (SSSR count). The Hall–Kier alpha value is -2.69. The van der Waals surface area contributed by atoms with Crippen LogP contribution in [0.25, 0.3) is 5.70 Å². The summed E-state index contributed by atoms with van der Waals surface area (Å²) >= 11 is 0. The van der Waals surface area contributed by atoms with E-state index in [9.17, 15) is 0 Å². The van der Waals surface area contributed by atoms with Gasteiger partial charge in [0, 0.05) is 37.7 Å². The highest BCUT2D eigenvalue weighted by molar-refractivity contribution is 6.51. The molecular formula is C17H21N5. The summed E-state index contributed by atoms with van der Waals surface area (Å²) < 4.78 is 0. The lowest BCUT2D eigenvalue weighted by atomic mass is 10.0. The third-order valence-corrected chi connectivity index (χ3v) is 3.32. The molecule has 5 heteroatoms. The third kappa shape index (κ3) is 3.49. The van der Waals surface area contributed by atoms with Crippen molar-refractivity contribution in [2.45, 2.75) is 13.8 Å². The number of hydrazone groups is 1. The van der Waals surface area contributed by atoms with Crippen molar-refractivity contribution in [3.05, 3.63) is 59.6 Å². The zero-order valence-electron chi connectivity index (χ0n) is 13.4. The predicted octanol–water partition coefficient (Wildman–Crippen LogP) is 2.73. The van der Waals surface area contributed by atoms with Crippen molar-refractivity contribution in [3.63, 3.8) is 0 Å². The molecule has 0 saturated heterocycles. The summed E-state index contributed by atoms with van der Waals surface area (Å²) in [6.45, 7) is 3.92. The molecular weight excluding hydrogens is 274 g/mol. The van der Waals surface area contributed by atoms with Gasteiger partial charge in [0.15, 0.2) is 0 Å². The quantitative estimate of drug-likeness (QED) is 0.663. The van der Waals surface area contributed by atoms with Crippen molar-refractivity contribution in [3.8, 4) is 0 Å². The Kier molecular flexibility index (Phi) is 4.88. The maximum Gasteiger partial charge on any atom is 0.111 e. The van der Waals surface area contributed by atoms with Crippen LogP contribution in [0, 0.1) is 12.3 Å². The molecule has 114 valence electrons. The van der Waals surface area contributed by atoms with Crippen molar-refractivity contribution in [1.29, 1.82) is 5.41 Å². The molecule has 22 heavy (non-hydrogen) atoms. The third-order valence-electron chi connectivity index (χ3n) is 3.32. The van der Waals surface area contributed by atoms with E-state index in [2.05, 4.69) is 15.4 Å². The SMILES string of the molecule is CN/C=C(/c1ccc(C)nc1)N(C)/N=C1\C(=N)C=CC=C1C. The molecule has 2 N–H and O–H groups in total. The van der Waals surface area contributed by atoms with Crippen LogP contribution in [0.15, 0.2) is 53.4 Å². The standard InChI is InChI=1S/C17H21N5/c1-12-6-5-7-15(18)17(12)21-22(4)16(11-19-3)14-9-8-13(2)20-10-14/h5-11,18-19H,1-4H3/b16-11-,18-15?,21-17-. The lowest BCUT2D eigenvalue weighted by Gasteiger charge is -2.20. The first-order chi connectivity index (χ1) is 10.5. The number of pyridine rings is 1. The lowest BCUT2D eigenvalue weighted by Crippen LogP contribution is -2.21. The topological polar surface area (TPSA) is 64.4 Å². The fraction of sp³-hybridized carbons (Fsp3) is 0.235. The Morgan fingerprint density at radius 1 is 1.36 bits per heavy atom.